The Hall–Kier alpha value is -2.45. The Morgan fingerprint density at radius 1 is 1.29 bits per heavy atom. The molecular formula is C19H19N3OS. The van der Waals surface area contributed by atoms with E-state index in [4.69, 9.17) is 5.41 Å². The smallest absolute Gasteiger partial charge is 0.228 e. The summed E-state index contributed by atoms with van der Waals surface area (Å²) in [5.74, 6) is 6.30. The highest BCUT2D eigenvalue weighted by Crippen LogP contribution is 2.41. The summed E-state index contributed by atoms with van der Waals surface area (Å²) < 4.78 is 0. The molecule has 1 saturated heterocycles. The minimum absolute atomic E-state index is 0.00517. The van der Waals surface area contributed by atoms with Gasteiger partial charge in [-0.15, -0.1) is 17.3 Å². The van der Waals surface area contributed by atoms with Crippen molar-refractivity contribution in [2.24, 2.45) is 0 Å². The maximum atomic E-state index is 12.2. The van der Waals surface area contributed by atoms with Gasteiger partial charge in [-0.05, 0) is 30.0 Å². The van der Waals surface area contributed by atoms with E-state index in [1.807, 2.05) is 19.2 Å². The van der Waals surface area contributed by atoms with E-state index in [1.54, 1.807) is 24.6 Å². The molecule has 2 aromatic heterocycles. The number of amides is 1. The number of carbonyl (C=O) groups excluding carboxylic acids is 1. The molecule has 0 saturated carbocycles. The Labute approximate surface area is 146 Å². The Kier molecular flexibility index (Phi) is 4.25. The topological polar surface area (TPSA) is 57.1 Å². The molecule has 24 heavy (non-hydrogen) atoms. The number of nitrogens with one attached hydrogen (secondary N) is 1. The van der Waals surface area contributed by atoms with Crippen LogP contribution in [-0.2, 0) is 10.2 Å². The molecule has 4 nitrogen and oxygen atoms in total. The zero-order chi connectivity index (χ0) is 17.3. The average molecular weight is 337 g/mol. The molecule has 0 bridgehead atoms. The van der Waals surface area contributed by atoms with Gasteiger partial charge in [0.05, 0.1) is 0 Å². The number of nitrogens with zero attached hydrogens (tertiary/aromatic N) is 2. The first kappa shape index (κ1) is 16.4. The third-order valence-corrected chi connectivity index (χ3v) is 5.65. The number of hydrogen-bond donors (Lipinski definition) is 1. The van der Waals surface area contributed by atoms with Gasteiger partial charge in [-0.25, -0.2) is 0 Å². The molecule has 0 unspecified atom stereocenters. The lowest BCUT2D eigenvalue weighted by atomic mass is 9.78. The fourth-order valence-corrected chi connectivity index (χ4v) is 4.02. The maximum Gasteiger partial charge on any atom is 0.228 e. The van der Waals surface area contributed by atoms with Gasteiger partial charge in [0.2, 0.25) is 5.91 Å². The molecule has 1 aliphatic rings. The molecule has 0 aliphatic carbocycles. The van der Waals surface area contributed by atoms with Gasteiger partial charge in [-0.1, -0.05) is 12.8 Å². The second kappa shape index (κ2) is 6.21. The number of likely N-dealkylation sites (tertiary alicyclic amines) is 1. The lowest BCUT2D eigenvalue weighted by molar-refractivity contribution is -0.128. The molecular weight excluding hydrogens is 318 g/mol. The van der Waals surface area contributed by atoms with Gasteiger partial charge < -0.3 is 4.90 Å². The van der Waals surface area contributed by atoms with Crippen LogP contribution in [0.1, 0.15) is 37.1 Å². The lowest BCUT2D eigenvalue weighted by Gasteiger charge is -2.36. The summed E-state index contributed by atoms with van der Waals surface area (Å²) in [5, 5.41) is 10.2. The van der Waals surface area contributed by atoms with Gasteiger partial charge in [-0.2, -0.15) is 0 Å². The highest BCUT2D eigenvalue weighted by Gasteiger charge is 2.39. The first-order valence-corrected chi connectivity index (χ1v) is 8.62. The first-order chi connectivity index (χ1) is 11.4. The van der Waals surface area contributed by atoms with E-state index in [2.05, 4.69) is 35.2 Å². The Morgan fingerprint density at radius 2 is 2.08 bits per heavy atom. The molecule has 3 rings (SSSR count). The number of aromatic nitrogens is 1. The van der Waals surface area contributed by atoms with Crippen molar-refractivity contribution >= 4 is 23.1 Å². The van der Waals surface area contributed by atoms with Crippen LogP contribution in [0.2, 0.25) is 0 Å². The summed E-state index contributed by atoms with van der Waals surface area (Å²) in [4.78, 5) is 19.0. The molecule has 1 aliphatic heterocycles. The molecule has 0 radical (unpaired) electrons. The molecule has 5 heteroatoms. The van der Waals surface area contributed by atoms with E-state index in [0.717, 1.165) is 21.6 Å². The van der Waals surface area contributed by atoms with E-state index >= 15 is 0 Å². The molecule has 122 valence electrons. The third-order valence-electron chi connectivity index (χ3n) is 4.41. The highest BCUT2D eigenvalue weighted by atomic mass is 32.1. The molecule has 3 heterocycles. The number of amidine groups is 1. The fraction of sp³-hybridized carbons (Fsp3) is 0.316. The van der Waals surface area contributed by atoms with Crippen LogP contribution in [0.4, 0.5) is 0 Å². The molecule has 1 atom stereocenters. The van der Waals surface area contributed by atoms with Crippen LogP contribution in [0.3, 0.4) is 0 Å². The molecule has 2 aromatic rings. The summed E-state index contributed by atoms with van der Waals surface area (Å²) in [5.41, 5.74) is 2.69. The van der Waals surface area contributed by atoms with Crippen LogP contribution in [0.5, 0.6) is 0 Å². The summed E-state index contributed by atoms with van der Waals surface area (Å²) in [6, 6.07) is 4.15. The zero-order valence-electron chi connectivity index (χ0n) is 14.0. The molecule has 1 fully saturated rings. The van der Waals surface area contributed by atoms with Crippen LogP contribution in [-0.4, -0.2) is 28.7 Å². The quantitative estimate of drug-likeness (QED) is 0.850. The van der Waals surface area contributed by atoms with Crippen LogP contribution in [0.15, 0.2) is 29.9 Å². The summed E-state index contributed by atoms with van der Waals surface area (Å²) >= 11 is 1.64. The average Bonchev–Trinajstić information content (AvgIpc) is 3.04. The van der Waals surface area contributed by atoms with Crippen LogP contribution >= 0.6 is 11.3 Å². The van der Waals surface area contributed by atoms with Crippen molar-refractivity contribution in [1.29, 1.82) is 5.41 Å². The van der Waals surface area contributed by atoms with Crippen LogP contribution in [0, 0.1) is 17.3 Å². The predicted octanol–water partition coefficient (Wildman–Crippen LogP) is 3.67. The number of rotatable bonds is 2. The highest BCUT2D eigenvalue weighted by molar-refractivity contribution is 7.10. The first-order valence-electron chi connectivity index (χ1n) is 7.74. The second-order valence-electron chi connectivity index (χ2n) is 6.35. The number of pyridine rings is 1. The minimum atomic E-state index is -0.308. The van der Waals surface area contributed by atoms with Gasteiger partial charge in [0, 0.05) is 53.7 Å². The monoisotopic (exact) mass is 337 g/mol. The second-order valence-corrected chi connectivity index (χ2v) is 7.26. The van der Waals surface area contributed by atoms with Crippen molar-refractivity contribution in [3.8, 4) is 23.0 Å². The summed E-state index contributed by atoms with van der Waals surface area (Å²) in [6.07, 6.45) is 4.60. The molecule has 1 N–H and O–H groups in total. The van der Waals surface area contributed by atoms with Crippen molar-refractivity contribution in [1.82, 2.24) is 9.88 Å². The van der Waals surface area contributed by atoms with Crippen molar-refractivity contribution in [3.63, 3.8) is 0 Å². The Balaban J connectivity index is 1.93. The van der Waals surface area contributed by atoms with Crippen LogP contribution < -0.4 is 0 Å². The van der Waals surface area contributed by atoms with Gasteiger partial charge in [0.15, 0.2) is 0 Å². The number of carbonyl (C=O) groups is 1. The van der Waals surface area contributed by atoms with Gasteiger partial charge in [0.25, 0.3) is 0 Å². The fourth-order valence-electron chi connectivity index (χ4n) is 2.94. The minimum Gasteiger partial charge on any atom is -0.304 e. The SMILES string of the molecule is CC#Cc1cncc(-c2csc([C@@]3(C)CC(=N)N(C)C(=O)C3)c2)c1. The standard InChI is InChI=1S/C19H19N3OS/c1-4-5-13-6-14(11-21-10-13)15-7-16(24-12-15)19(2)8-17(20)22(3)18(23)9-19/h6-7,10-12,20H,8-9H2,1-3H3/t19-/m0/s1. The third kappa shape index (κ3) is 2.98. The van der Waals surface area contributed by atoms with E-state index in [0.29, 0.717) is 18.7 Å². The van der Waals surface area contributed by atoms with Gasteiger partial charge in [0.1, 0.15) is 5.84 Å². The van der Waals surface area contributed by atoms with Gasteiger partial charge >= 0.3 is 0 Å². The van der Waals surface area contributed by atoms with Gasteiger partial charge in [-0.3, -0.25) is 15.2 Å². The maximum absolute atomic E-state index is 12.2. The van der Waals surface area contributed by atoms with E-state index in [9.17, 15) is 4.79 Å². The van der Waals surface area contributed by atoms with E-state index in [-0.39, 0.29) is 11.3 Å². The zero-order valence-corrected chi connectivity index (χ0v) is 14.8. The van der Waals surface area contributed by atoms with E-state index in [1.165, 1.54) is 4.90 Å². The predicted molar refractivity (Wildman–Crippen MR) is 97.2 cm³/mol. The van der Waals surface area contributed by atoms with Crippen molar-refractivity contribution < 1.29 is 4.79 Å². The number of piperidine rings is 1. The number of hydrogen-bond acceptors (Lipinski definition) is 4. The van der Waals surface area contributed by atoms with Crippen LogP contribution in [0.25, 0.3) is 11.1 Å². The van der Waals surface area contributed by atoms with E-state index < -0.39 is 0 Å². The molecule has 0 aromatic carbocycles. The summed E-state index contributed by atoms with van der Waals surface area (Å²) in [6.45, 7) is 3.88. The van der Waals surface area contributed by atoms with Crippen molar-refractivity contribution in [2.75, 3.05) is 7.05 Å². The molecule has 0 spiro atoms. The van der Waals surface area contributed by atoms with Crippen molar-refractivity contribution in [2.45, 2.75) is 32.1 Å². The Bertz CT molecular complexity index is 854. The normalized spacial score (nSPS) is 20.7. The Morgan fingerprint density at radius 3 is 2.79 bits per heavy atom. The lowest BCUT2D eigenvalue weighted by Crippen LogP contribution is -2.46. The molecule has 1 amide bonds. The largest absolute Gasteiger partial charge is 0.304 e. The number of thiophene rings is 1. The summed E-state index contributed by atoms with van der Waals surface area (Å²) in [7, 11) is 1.68. The van der Waals surface area contributed by atoms with Crippen molar-refractivity contribution in [3.05, 3.63) is 40.3 Å².